The van der Waals surface area contributed by atoms with E-state index in [0.717, 1.165) is 30.5 Å². The standard InChI is InChI=1S/C21H23N3O2.ClH/c1-2-15-7-9-16(10-8-15)19-14-22-11-12-24(19)21(25)13-18-17-5-3-4-6-20(17)26-23-18;/h3-10,19,22H,2,11-14H2,1H3;1H. The Balaban J connectivity index is 0.00000210. The summed E-state index contributed by atoms with van der Waals surface area (Å²) in [5.74, 6) is 0.0927. The number of aryl methyl sites for hydroxylation is 1. The predicted octanol–water partition coefficient (Wildman–Crippen LogP) is 3.53. The molecule has 1 atom stereocenters. The second kappa shape index (κ2) is 8.55. The number of hydrogen-bond donors (Lipinski definition) is 1. The van der Waals surface area contributed by atoms with E-state index in [9.17, 15) is 4.79 Å². The van der Waals surface area contributed by atoms with E-state index in [1.165, 1.54) is 11.1 Å². The van der Waals surface area contributed by atoms with Gasteiger partial charge < -0.3 is 14.7 Å². The molecule has 1 unspecified atom stereocenters. The van der Waals surface area contributed by atoms with Crippen LogP contribution in [0.3, 0.4) is 0 Å². The van der Waals surface area contributed by atoms with Crippen molar-refractivity contribution in [1.29, 1.82) is 0 Å². The first-order valence-electron chi connectivity index (χ1n) is 9.18. The van der Waals surface area contributed by atoms with Crippen LogP contribution in [0.1, 0.15) is 29.8 Å². The summed E-state index contributed by atoms with van der Waals surface area (Å²) in [5.41, 5.74) is 3.92. The third kappa shape index (κ3) is 3.99. The number of piperazine rings is 1. The van der Waals surface area contributed by atoms with Gasteiger partial charge in [-0.15, -0.1) is 12.4 Å². The number of aromatic nitrogens is 1. The molecule has 0 aliphatic carbocycles. The largest absolute Gasteiger partial charge is 0.356 e. The number of nitrogens with one attached hydrogen (secondary N) is 1. The number of nitrogens with zero attached hydrogens (tertiary/aromatic N) is 2. The fourth-order valence-corrected chi connectivity index (χ4v) is 3.59. The minimum Gasteiger partial charge on any atom is -0.356 e. The summed E-state index contributed by atoms with van der Waals surface area (Å²) < 4.78 is 5.34. The Morgan fingerprint density at radius 3 is 2.78 bits per heavy atom. The maximum atomic E-state index is 13.0. The molecule has 0 spiro atoms. The van der Waals surface area contributed by atoms with E-state index in [2.05, 4.69) is 41.7 Å². The van der Waals surface area contributed by atoms with E-state index in [4.69, 9.17) is 4.52 Å². The van der Waals surface area contributed by atoms with Gasteiger partial charge in [0.25, 0.3) is 0 Å². The smallest absolute Gasteiger partial charge is 0.229 e. The molecule has 4 rings (SSSR count). The molecule has 5 nitrogen and oxygen atoms in total. The zero-order chi connectivity index (χ0) is 17.9. The number of amides is 1. The summed E-state index contributed by atoms with van der Waals surface area (Å²) in [4.78, 5) is 15.0. The molecule has 6 heteroatoms. The molecule has 1 amide bonds. The van der Waals surface area contributed by atoms with Crippen molar-refractivity contribution in [2.45, 2.75) is 25.8 Å². The number of halogens is 1. The van der Waals surface area contributed by atoms with Gasteiger partial charge in [-0.25, -0.2) is 0 Å². The molecule has 1 saturated heterocycles. The molecular formula is C21H24ClN3O2. The van der Waals surface area contributed by atoms with E-state index in [-0.39, 0.29) is 30.8 Å². The zero-order valence-corrected chi connectivity index (χ0v) is 16.2. The van der Waals surface area contributed by atoms with Crippen LogP contribution in [0, 0.1) is 0 Å². The molecule has 2 aromatic carbocycles. The van der Waals surface area contributed by atoms with Crippen molar-refractivity contribution in [3.63, 3.8) is 0 Å². The van der Waals surface area contributed by atoms with Crippen molar-refractivity contribution < 1.29 is 9.32 Å². The predicted molar refractivity (Wildman–Crippen MR) is 108 cm³/mol. The molecule has 1 N–H and O–H groups in total. The lowest BCUT2D eigenvalue weighted by molar-refractivity contribution is -0.133. The van der Waals surface area contributed by atoms with Crippen LogP contribution in [-0.2, 0) is 17.6 Å². The molecule has 0 saturated carbocycles. The average Bonchev–Trinajstić information content (AvgIpc) is 3.11. The average molecular weight is 386 g/mol. The van der Waals surface area contributed by atoms with E-state index in [1.54, 1.807) is 0 Å². The van der Waals surface area contributed by atoms with Gasteiger partial charge in [-0.1, -0.05) is 48.5 Å². The van der Waals surface area contributed by atoms with Gasteiger partial charge in [-0.05, 0) is 29.7 Å². The summed E-state index contributed by atoms with van der Waals surface area (Å²) in [7, 11) is 0. The number of carbonyl (C=O) groups excluding carboxylic acids is 1. The number of rotatable bonds is 4. The quantitative estimate of drug-likeness (QED) is 0.746. The van der Waals surface area contributed by atoms with Crippen molar-refractivity contribution in [3.05, 3.63) is 65.4 Å². The van der Waals surface area contributed by atoms with Gasteiger partial charge in [-0.3, -0.25) is 4.79 Å². The third-order valence-electron chi connectivity index (χ3n) is 5.11. The van der Waals surface area contributed by atoms with Crippen molar-refractivity contribution in [3.8, 4) is 0 Å². The Kier molecular flexibility index (Phi) is 6.14. The Labute approximate surface area is 165 Å². The van der Waals surface area contributed by atoms with Crippen LogP contribution in [0.2, 0.25) is 0 Å². The maximum Gasteiger partial charge on any atom is 0.229 e. The maximum absolute atomic E-state index is 13.0. The van der Waals surface area contributed by atoms with Crippen LogP contribution >= 0.6 is 12.4 Å². The van der Waals surface area contributed by atoms with Crippen LogP contribution in [-0.4, -0.2) is 35.6 Å². The Bertz CT molecular complexity index is 907. The highest BCUT2D eigenvalue weighted by molar-refractivity contribution is 5.86. The molecule has 0 radical (unpaired) electrons. The van der Waals surface area contributed by atoms with Crippen LogP contribution in [0.15, 0.2) is 53.1 Å². The molecule has 0 bridgehead atoms. The van der Waals surface area contributed by atoms with Crippen molar-refractivity contribution in [2.24, 2.45) is 0 Å². The van der Waals surface area contributed by atoms with Gasteiger partial charge >= 0.3 is 0 Å². The normalized spacial score (nSPS) is 16.9. The van der Waals surface area contributed by atoms with Gasteiger partial charge in [0.1, 0.15) is 5.69 Å². The lowest BCUT2D eigenvalue weighted by Crippen LogP contribution is -2.49. The zero-order valence-electron chi connectivity index (χ0n) is 15.4. The minimum atomic E-state index is 0. The highest BCUT2D eigenvalue weighted by Crippen LogP contribution is 2.25. The number of para-hydroxylation sites is 1. The Morgan fingerprint density at radius 1 is 1.22 bits per heavy atom. The summed E-state index contributed by atoms with van der Waals surface area (Å²) in [6.07, 6.45) is 1.28. The van der Waals surface area contributed by atoms with Crippen LogP contribution < -0.4 is 5.32 Å². The fourth-order valence-electron chi connectivity index (χ4n) is 3.59. The van der Waals surface area contributed by atoms with Crippen LogP contribution in [0.5, 0.6) is 0 Å². The van der Waals surface area contributed by atoms with E-state index >= 15 is 0 Å². The van der Waals surface area contributed by atoms with Crippen LogP contribution in [0.4, 0.5) is 0 Å². The second-order valence-electron chi connectivity index (χ2n) is 6.70. The van der Waals surface area contributed by atoms with Crippen molar-refractivity contribution in [2.75, 3.05) is 19.6 Å². The lowest BCUT2D eigenvalue weighted by Gasteiger charge is -2.36. The Hall–Kier alpha value is -2.37. The molecule has 27 heavy (non-hydrogen) atoms. The summed E-state index contributed by atoms with van der Waals surface area (Å²) >= 11 is 0. The van der Waals surface area contributed by atoms with E-state index < -0.39 is 0 Å². The summed E-state index contributed by atoms with van der Waals surface area (Å²) in [6, 6.07) is 16.3. The van der Waals surface area contributed by atoms with Gasteiger partial charge in [0, 0.05) is 25.0 Å². The van der Waals surface area contributed by atoms with Crippen molar-refractivity contribution in [1.82, 2.24) is 15.4 Å². The molecule has 1 fully saturated rings. The molecule has 1 aliphatic heterocycles. The molecule has 3 aromatic rings. The van der Waals surface area contributed by atoms with Crippen molar-refractivity contribution >= 4 is 29.3 Å². The van der Waals surface area contributed by atoms with E-state index in [0.29, 0.717) is 12.2 Å². The number of benzene rings is 2. The third-order valence-corrected chi connectivity index (χ3v) is 5.11. The van der Waals surface area contributed by atoms with Crippen LogP contribution in [0.25, 0.3) is 11.0 Å². The number of carbonyl (C=O) groups is 1. The lowest BCUT2D eigenvalue weighted by atomic mass is 10.00. The van der Waals surface area contributed by atoms with Gasteiger partial charge in [0.2, 0.25) is 5.91 Å². The van der Waals surface area contributed by atoms with E-state index in [1.807, 2.05) is 29.2 Å². The first-order chi connectivity index (χ1) is 12.8. The minimum absolute atomic E-state index is 0. The number of fused-ring (bicyclic) bond motifs is 1. The second-order valence-corrected chi connectivity index (χ2v) is 6.70. The molecular weight excluding hydrogens is 362 g/mol. The first kappa shape index (κ1) is 19.4. The molecule has 2 heterocycles. The highest BCUT2D eigenvalue weighted by atomic mass is 35.5. The molecule has 1 aliphatic rings. The monoisotopic (exact) mass is 385 g/mol. The first-order valence-corrected chi connectivity index (χ1v) is 9.18. The highest BCUT2D eigenvalue weighted by Gasteiger charge is 2.28. The molecule has 142 valence electrons. The summed E-state index contributed by atoms with van der Waals surface area (Å²) in [6.45, 7) is 4.44. The fraction of sp³-hybridized carbons (Fsp3) is 0.333. The van der Waals surface area contributed by atoms with Gasteiger partial charge in [-0.2, -0.15) is 0 Å². The SMILES string of the molecule is CCc1ccc(C2CNCCN2C(=O)Cc2noc3ccccc23)cc1.Cl. The molecule has 1 aromatic heterocycles. The summed E-state index contributed by atoms with van der Waals surface area (Å²) in [5, 5.41) is 8.44. The van der Waals surface area contributed by atoms with Gasteiger partial charge in [0.05, 0.1) is 12.5 Å². The topological polar surface area (TPSA) is 58.4 Å². The number of hydrogen-bond acceptors (Lipinski definition) is 4. The van der Waals surface area contributed by atoms with Gasteiger partial charge in [0.15, 0.2) is 5.58 Å². The Morgan fingerprint density at radius 2 is 2.00 bits per heavy atom.